The molecular formula is C13H10Cl6O3. The number of halogens is 6. The van der Waals surface area contributed by atoms with Gasteiger partial charge < -0.3 is 4.74 Å². The fourth-order valence-electron chi connectivity index (χ4n) is 4.84. The van der Waals surface area contributed by atoms with Gasteiger partial charge in [-0.25, -0.2) is 0 Å². The summed E-state index contributed by atoms with van der Waals surface area (Å²) in [6.07, 6.45) is 0.651. The lowest BCUT2D eigenvalue weighted by Crippen LogP contribution is -2.54. The van der Waals surface area contributed by atoms with Crippen molar-refractivity contribution in [3.8, 4) is 0 Å². The van der Waals surface area contributed by atoms with Gasteiger partial charge in [-0.05, 0) is 24.7 Å². The minimum Gasteiger partial charge on any atom is -0.393 e. The normalized spacial score (nSPS) is 58.5. The smallest absolute Gasteiger partial charge is 0.317 e. The zero-order valence-corrected chi connectivity index (χ0v) is 15.4. The monoisotopic (exact) mass is 424 g/mol. The standard InChI is InChI=1S/C13H10Cl6O3/c14-7-8(15)12(17)6-2-4-3(9(20)22-10(4)21)1-5(6)11(7,16)13(12,18)19/h3-8H,1-2H2. The maximum absolute atomic E-state index is 11.9. The van der Waals surface area contributed by atoms with Crippen LogP contribution in [0, 0.1) is 23.7 Å². The van der Waals surface area contributed by atoms with Crippen LogP contribution < -0.4 is 0 Å². The molecule has 0 spiro atoms. The second-order valence-electron chi connectivity index (χ2n) is 6.55. The zero-order valence-electron chi connectivity index (χ0n) is 10.9. The number of carbonyl (C=O) groups is 2. The van der Waals surface area contributed by atoms with Gasteiger partial charge in [0.05, 0.1) is 22.6 Å². The molecular weight excluding hydrogens is 417 g/mol. The van der Waals surface area contributed by atoms with E-state index in [2.05, 4.69) is 0 Å². The Morgan fingerprint density at radius 2 is 1.18 bits per heavy atom. The first-order valence-corrected chi connectivity index (χ1v) is 9.26. The van der Waals surface area contributed by atoms with E-state index in [0.717, 1.165) is 0 Å². The van der Waals surface area contributed by atoms with Gasteiger partial charge in [0, 0.05) is 0 Å². The van der Waals surface area contributed by atoms with Crippen molar-refractivity contribution < 1.29 is 14.3 Å². The fraction of sp³-hybridized carbons (Fsp3) is 0.846. The molecule has 0 amide bonds. The number of hydrogen-bond acceptors (Lipinski definition) is 3. The summed E-state index contributed by atoms with van der Waals surface area (Å²) in [4.78, 5) is 21.2. The molecule has 4 rings (SSSR count). The van der Waals surface area contributed by atoms with Gasteiger partial charge in [-0.15, -0.1) is 46.4 Å². The molecule has 8 unspecified atom stereocenters. The molecule has 1 aliphatic heterocycles. The van der Waals surface area contributed by atoms with Crippen LogP contribution in [0.2, 0.25) is 0 Å². The third-order valence-electron chi connectivity index (χ3n) is 5.90. The quantitative estimate of drug-likeness (QED) is 0.337. The molecule has 1 heterocycles. The predicted octanol–water partition coefficient (Wildman–Crippen LogP) is 3.70. The van der Waals surface area contributed by atoms with Crippen LogP contribution in [-0.4, -0.2) is 36.8 Å². The van der Waals surface area contributed by atoms with Crippen LogP contribution in [0.1, 0.15) is 12.8 Å². The van der Waals surface area contributed by atoms with E-state index in [1.807, 2.05) is 0 Å². The second kappa shape index (κ2) is 4.53. The Labute approximate surface area is 156 Å². The highest BCUT2D eigenvalue weighted by atomic mass is 35.5. The summed E-state index contributed by atoms with van der Waals surface area (Å²) in [6, 6.07) is 0. The van der Waals surface area contributed by atoms with Crippen molar-refractivity contribution in [2.45, 2.75) is 37.7 Å². The molecule has 3 nitrogen and oxygen atoms in total. The van der Waals surface area contributed by atoms with Crippen LogP contribution in [-0.2, 0) is 14.3 Å². The molecule has 9 heteroatoms. The van der Waals surface area contributed by atoms with Gasteiger partial charge in [0.1, 0.15) is 9.75 Å². The summed E-state index contributed by atoms with van der Waals surface area (Å²) in [5, 5.41) is -1.48. The summed E-state index contributed by atoms with van der Waals surface area (Å²) in [6.45, 7) is 0. The molecule has 4 fully saturated rings. The molecule has 3 saturated carbocycles. The minimum atomic E-state index is -1.55. The molecule has 0 N–H and O–H groups in total. The Hall–Kier alpha value is 0.880. The molecule has 3 aliphatic carbocycles. The largest absolute Gasteiger partial charge is 0.393 e. The molecule has 2 bridgehead atoms. The van der Waals surface area contributed by atoms with E-state index < -0.39 is 48.6 Å². The topological polar surface area (TPSA) is 43.4 Å². The average Bonchev–Trinajstić information content (AvgIpc) is 2.85. The van der Waals surface area contributed by atoms with E-state index in [9.17, 15) is 9.59 Å². The second-order valence-corrected chi connectivity index (χ2v) is 10.1. The number of esters is 2. The first-order valence-electron chi connectivity index (χ1n) is 6.87. The van der Waals surface area contributed by atoms with Crippen molar-refractivity contribution in [2.24, 2.45) is 23.7 Å². The first kappa shape index (κ1) is 16.4. The van der Waals surface area contributed by atoms with E-state index in [1.54, 1.807) is 0 Å². The molecule has 0 aromatic rings. The van der Waals surface area contributed by atoms with Gasteiger partial charge in [-0.2, -0.15) is 0 Å². The SMILES string of the molecule is O=C1OC(=O)C2CC3C(CC12)C1(Cl)C(Cl)C(Cl)C3(Cl)C1(Cl)Cl. The number of carbonyl (C=O) groups excluding carboxylic acids is 2. The first-order chi connectivity index (χ1) is 10.1. The summed E-state index contributed by atoms with van der Waals surface area (Å²) in [5.41, 5.74) is 0. The fourth-order valence-corrected chi connectivity index (χ4v) is 8.37. The Kier molecular flexibility index (Phi) is 3.37. The van der Waals surface area contributed by atoms with Crippen molar-refractivity contribution in [3.05, 3.63) is 0 Å². The maximum atomic E-state index is 11.9. The molecule has 8 atom stereocenters. The number of alkyl halides is 6. The van der Waals surface area contributed by atoms with Crippen molar-refractivity contribution in [2.75, 3.05) is 0 Å². The number of ether oxygens (including phenoxy) is 1. The Balaban J connectivity index is 1.83. The molecule has 4 aliphatic rings. The van der Waals surface area contributed by atoms with Crippen LogP contribution in [0.25, 0.3) is 0 Å². The lowest BCUT2D eigenvalue weighted by molar-refractivity contribution is -0.153. The molecule has 122 valence electrons. The number of cyclic esters (lactones) is 2. The minimum absolute atomic E-state index is 0.307. The third-order valence-corrected chi connectivity index (χ3v) is 10.7. The summed E-state index contributed by atoms with van der Waals surface area (Å²) < 4.78 is 3.19. The highest BCUT2D eigenvalue weighted by Gasteiger charge is 2.86. The summed E-state index contributed by atoms with van der Waals surface area (Å²) in [7, 11) is 0. The van der Waals surface area contributed by atoms with Crippen molar-refractivity contribution in [1.82, 2.24) is 0 Å². The Morgan fingerprint density at radius 3 is 1.55 bits per heavy atom. The van der Waals surface area contributed by atoms with Gasteiger partial charge in [0.2, 0.25) is 0 Å². The zero-order chi connectivity index (χ0) is 16.2. The maximum Gasteiger partial charge on any atom is 0.317 e. The Bertz CT molecular complexity index is 548. The third kappa shape index (κ3) is 1.47. The van der Waals surface area contributed by atoms with Gasteiger partial charge in [0.15, 0.2) is 4.33 Å². The van der Waals surface area contributed by atoms with Crippen LogP contribution in [0.15, 0.2) is 0 Å². The van der Waals surface area contributed by atoms with Gasteiger partial charge in [0.25, 0.3) is 0 Å². The van der Waals surface area contributed by atoms with Gasteiger partial charge >= 0.3 is 11.9 Å². The van der Waals surface area contributed by atoms with Crippen molar-refractivity contribution in [3.63, 3.8) is 0 Å². The van der Waals surface area contributed by atoms with Crippen molar-refractivity contribution in [1.29, 1.82) is 0 Å². The van der Waals surface area contributed by atoms with Crippen molar-refractivity contribution >= 4 is 81.5 Å². The molecule has 0 radical (unpaired) electrons. The van der Waals surface area contributed by atoms with Crippen LogP contribution in [0.4, 0.5) is 0 Å². The number of hydrogen-bond donors (Lipinski definition) is 0. The van der Waals surface area contributed by atoms with E-state index in [1.165, 1.54) is 0 Å². The number of rotatable bonds is 0. The molecule has 0 aromatic heterocycles. The van der Waals surface area contributed by atoms with Gasteiger partial charge in [-0.3, -0.25) is 9.59 Å². The van der Waals surface area contributed by atoms with E-state index in [-0.39, 0.29) is 11.8 Å². The van der Waals surface area contributed by atoms with Crippen LogP contribution in [0.3, 0.4) is 0 Å². The lowest BCUT2D eigenvalue weighted by atomic mass is 9.63. The highest BCUT2D eigenvalue weighted by molar-refractivity contribution is 6.62. The summed E-state index contributed by atoms with van der Waals surface area (Å²) >= 11 is 39.4. The predicted molar refractivity (Wildman–Crippen MR) is 85.2 cm³/mol. The van der Waals surface area contributed by atoms with E-state index in [0.29, 0.717) is 12.8 Å². The van der Waals surface area contributed by atoms with Crippen LogP contribution >= 0.6 is 69.6 Å². The molecule has 1 saturated heterocycles. The number of fused-ring (bicyclic) bond motifs is 6. The van der Waals surface area contributed by atoms with Gasteiger partial charge in [-0.1, -0.05) is 23.2 Å². The molecule has 0 aromatic carbocycles. The van der Waals surface area contributed by atoms with E-state index in [4.69, 9.17) is 74.3 Å². The highest BCUT2D eigenvalue weighted by Crippen LogP contribution is 2.78. The average molecular weight is 427 g/mol. The van der Waals surface area contributed by atoms with E-state index >= 15 is 0 Å². The Morgan fingerprint density at radius 1 is 0.818 bits per heavy atom. The molecule has 22 heavy (non-hydrogen) atoms. The lowest BCUT2D eigenvalue weighted by Gasteiger charge is -2.46. The summed E-state index contributed by atoms with van der Waals surface area (Å²) in [5.74, 6) is -2.74. The van der Waals surface area contributed by atoms with Crippen LogP contribution in [0.5, 0.6) is 0 Å².